The Hall–Kier alpha value is -3.57. The molecule has 0 radical (unpaired) electrons. The third kappa shape index (κ3) is 7.29. The van der Waals surface area contributed by atoms with Gasteiger partial charge in [0.1, 0.15) is 4.91 Å². The highest BCUT2D eigenvalue weighted by molar-refractivity contribution is 5.71. The number of hydrogen-bond donors (Lipinski definition) is 3. The van der Waals surface area contributed by atoms with E-state index in [2.05, 4.69) is 21.3 Å². The van der Waals surface area contributed by atoms with Crippen LogP contribution in [0.5, 0.6) is 11.5 Å². The van der Waals surface area contributed by atoms with Crippen LogP contribution in [0, 0.1) is 10.3 Å². The second kappa shape index (κ2) is 11.7. The lowest BCUT2D eigenvalue weighted by molar-refractivity contribution is -0.920. The molecule has 0 unspecified atom stereocenters. The van der Waals surface area contributed by atoms with E-state index >= 15 is 0 Å². The zero-order valence-electron chi connectivity index (χ0n) is 17.8. The van der Waals surface area contributed by atoms with Crippen molar-refractivity contribution in [1.82, 2.24) is 0 Å². The second-order valence-corrected chi connectivity index (χ2v) is 7.05. The minimum atomic E-state index is -0.333. The summed E-state index contributed by atoms with van der Waals surface area (Å²) in [5, 5.41) is 6.17. The fourth-order valence-electron chi connectivity index (χ4n) is 3.27. The van der Waals surface area contributed by atoms with Gasteiger partial charge in [-0.3, -0.25) is 5.41 Å². The Morgan fingerprint density at radius 2 is 1.06 bits per heavy atom. The van der Waals surface area contributed by atoms with E-state index in [9.17, 15) is 4.91 Å². The maximum Gasteiger partial charge on any atom is 0.489 e. The highest BCUT2D eigenvalue weighted by Crippen LogP contribution is 2.22. The molecule has 11 heteroatoms. The minimum Gasteiger partial charge on any atom is -0.378 e. The zero-order chi connectivity index (χ0) is 22.8. The van der Waals surface area contributed by atoms with Crippen LogP contribution in [-0.4, -0.2) is 63.7 Å². The van der Waals surface area contributed by atoms with Gasteiger partial charge in [0.25, 0.3) is 0 Å². The van der Waals surface area contributed by atoms with E-state index < -0.39 is 0 Å². The summed E-state index contributed by atoms with van der Waals surface area (Å²) in [6, 6.07) is 14.7. The average Bonchev–Trinajstić information content (AvgIpc) is 2.81. The van der Waals surface area contributed by atoms with Crippen molar-refractivity contribution in [1.29, 1.82) is 5.41 Å². The molecule has 0 aliphatic carbocycles. The molecule has 2 heterocycles. The van der Waals surface area contributed by atoms with E-state index in [-0.39, 0.29) is 11.0 Å². The fraction of sp³-hybridized carbons (Fsp3) is 0.381. The lowest BCUT2D eigenvalue weighted by Crippen LogP contribution is -2.36. The Kier molecular flexibility index (Phi) is 8.46. The highest BCUT2D eigenvalue weighted by atomic mass is 17.0. The molecule has 5 N–H and O–H groups in total. The number of nitrogens with zero attached hydrogens (tertiary/aromatic N) is 3. The summed E-state index contributed by atoms with van der Waals surface area (Å²) in [7, 11) is 0. The van der Waals surface area contributed by atoms with Crippen LogP contribution in [-0.2, 0) is 9.47 Å². The molecule has 172 valence electrons. The van der Waals surface area contributed by atoms with Crippen LogP contribution in [0.2, 0.25) is 0 Å². The molecule has 0 bridgehead atoms. The van der Waals surface area contributed by atoms with E-state index in [1.54, 1.807) is 24.3 Å². The summed E-state index contributed by atoms with van der Waals surface area (Å²) in [6.07, 6.45) is 0. The van der Waals surface area contributed by atoms with Crippen molar-refractivity contribution in [2.45, 2.75) is 0 Å². The van der Waals surface area contributed by atoms with E-state index in [4.69, 9.17) is 24.6 Å². The number of nitrogens with one attached hydrogen (secondary N) is 1. The molecule has 0 spiro atoms. The van der Waals surface area contributed by atoms with Gasteiger partial charge in [0.15, 0.2) is 5.96 Å². The first kappa shape index (κ1) is 23.1. The normalized spacial score (nSPS) is 15.9. The predicted molar refractivity (Wildman–Crippen MR) is 120 cm³/mol. The molecule has 2 saturated heterocycles. The van der Waals surface area contributed by atoms with Crippen LogP contribution < -0.4 is 30.9 Å². The molecule has 4 rings (SSSR count). The van der Waals surface area contributed by atoms with Crippen molar-refractivity contribution >= 4 is 17.3 Å². The maximum absolute atomic E-state index is 12.0. The van der Waals surface area contributed by atoms with E-state index in [0.29, 0.717) is 11.5 Å². The van der Waals surface area contributed by atoms with E-state index in [1.165, 1.54) is 0 Å². The first-order chi connectivity index (χ1) is 15.5. The molecule has 2 aliphatic heterocycles. The van der Waals surface area contributed by atoms with Gasteiger partial charge in [-0.05, 0) is 48.5 Å². The standard InChI is InChI=1S/C20H24N3O5.CH5N3/c24-23(27-19-5-1-17(2-6-19)21-9-13-25-14-10-21)28-20-7-3-18(4-8-20)22-11-15-26-16-12-22;2-1(3)4/h1-8H,9-16H2;(H5,2,3,4)/q+1;. The Morgan fingerprint density at radius 3 is 1.38 bits per heavy atom. The van der Waals surface area contributed by atoms with Crippen molar-refractivity contribution in [3.05, 3.63) is 53.4 Å². The topological polar surface area (TPSA) is 139 Å². The van der Waals surface area contributed by atoms with Crippen LogP contribution in [0.4, 0.5) is 11.4 Å². The monoisotopic (exact) mass is 445 g/mol. The van der Waals surface area contributed by atoms with Crippen LogP contribution in [0.25, 0.3) is 0 Å². The summed E-state index contributed by atoms with van der Waals surface area (Å²) in [4.78, 5) is 26.8. The first-order valence-corrected chi connectivity index (χ1v) is 10.3. The van der Waals surface area contributed by atoms with Gasteiger partial charge >= 0.3 is 5.09 Å². The first-order valence-electron chi connectivity index (χ1n) is 10.3. The van der Waals surface area contributed by atoms with Gasteiger partial charge in [0.05, 0.1) is 26.4 Å². The number of rotatable bonds is 6. The van der Waals surface area contributed by atoms with Gasteiger partial charge in [-0.1, -0.05) is 0 Å². The summed E-state index contributed by atoms with van der Waals surface area (Å²) >= 11 is 0. The third-order valence-electron chi connectivity index (χ3n) is 4.79. The van der Waals surface area contributed by atoms with Crippen molar-refractivity contribution in [2.75, 3.05) is 62.4 Å². The number of benzene rings is 2. The molecule has 32 heavy (non-hydrogen) atoms. The van der Waals surface area contributed by atoms with Crippen LogP contribution in [0.15, 0.2) is 48.5 Å². The van der Waals surface area contributed by atoms with E-state index in [0.717, 1.165) is 64.0 Å². The van der Waals surface area contributed by atoms with Crippen LogP contribution in [0.3, 0.4) is 0 Å². The fourth-order valence-corrected chi connectivity index (χ4v) is 3.27. The molecule has 0 amide bonds. The average molecular weight is 446 g/mol. The highest BCUT2D eigenvalue weighted by Gasteiger charge is 2.18. The number of guanidine groups is 1. The number of hydrogen-bond acceptors (Lipinski definition) is 8. The number of morpholine rings is 2. The van der Waals surface area contributed by atoms with Gasteiger partial charge in [0, 0.05) is 37.6 Å². The largest absolute Gasteiger partial charge is 0.489 e. The number of ether oxygens (including phenoxy) is 2. The minimum absolute atomic E-state index is 0.119. The second-order valence-electron chi connectivity index (χ2n) is 7.05. The van der Waals surface area contributed by atoms with Crippen LogP contribution >= 0.6 is 0 Å². The molecular weight excluding hydrogens is 416 g/mol. The molecule has 0 aromatic heterocycles. The summed E-state index contributed by atoms with van der Waals surface area (Å²) < 4.78 is 10.7. The quantitative estimate of drug-likeness (QED) is 0.341. The number of nitrogens with two attached hydrogens (primary N) is 2. The van der Waals surface area contributed by atoms with Gasteiger partial charge in [-0.2, -0.15) is 0 Å². The maximum atomic E-state index is 12.0. The summed E-state index contributed by atoms with van der Waals surface area (Å²) in [5.41, 5.74) is 11.1. The molecule has 11 nitrogen and oxygen atoms in total. The molecule has 0 atom stereocenters. The van der Waals surface area contributed by atoms with Crippen molar-refractivity contribution in [3.63, 3.8) is 0 Å². The van der Waals surface area contributed by atoms with Crippen molar-refractivity contribution in [2.24, 2.45) is 11.5 Å². The molecule has 2 fully saturated rings. The van der Waals surface area contributed by atoms with Crippen molar-refractivity contribution in [3.8, 4) is 11.5 Å². The third-order valence-corrected chi connectivity index (χ3v) is 4.79. The predicted octanol–water partition coefficient (Wildman–Crippen LogP) is 1.27. The molecular formula is C21H29N6O5+. The smallest absolute Gasteiger partial charge is 0.378 e. The van der Waals surface area contributed by atoms with Gasteiger partial charge in [0.2, 0.25) is 11.5 Å². The van der Waals surface area contributed by atoms with Gasteiger partial charge < -0.3 is 30.7 Å². The lowest BCUT2D eigenvalue weighted by Gasteiger charge is -2.28. The number of anilines is 2. The molecule has 2 aliphatic rings. The van der Waals surface area contributed by atoms with Crippen LogP contribution in [0.1, 0.15) is 0 Å². The Labute approximate surface area is 186 Å². The van der Waals surface area contributed by atoms with Crippen molar-refractivity contribution < 1.29 is 24.2 Å². The Bertz CT molecular complexity index is 796. The Morgan fingerprint density at radius 1 is 0.750 bits per heavy atom. The molecule has 2 aromatic rings. The van der Waals surface area contributed by atoms with Gasteiger partial charge in [-0.25, -0.2) is 0 Å². The zero-order valence-corrected chi connectivity index (χ0v) is 17.8. The SMILES string of the molecule is N=C(N)N.O=[N+](Oc1ccc(N2CCOCC2)cc1)Oc1ccc(N2CCOCC2)cc1. The summed E-state index contributed by atoms with van der Waals surface area (Å²) in [5.74, 6) is 0.494. The lowest BCUT2D eigenvalue weighted by atomic mass is 10.2. The van der Waals surface area contributed by atoms with E-state index in [1.807, 2.05) is 24.3 Å². The molecule has 2 aromatic carbocycles. The van der Waals surface area contributed by atoms with Gasteiger partial charge in [-0.15, -0.1) is 9.68 Å². The Balaban J connectivity index is 0.000000668. The molecule has 0 saturated carbocycles. The summed E-state index contributed by atoms with van der Waals surface area (Å²) in [6.45, 7) is 6.34.